The third-order valence-corrected chi connectivity index (χ3v) is 5.45. The first kappa shape index (κ1) is 24.5. The molecule has 0 aromatic carbocycles. The minimum Gasteiger partial charge on any atom is -0.369 e. The van der Waals surface area contributed by atoms with Crippen molar-refractivity contribution in [3.05, 3.63) is 0 Å². The molecule has 0 aliphatic heterocycles. The number of rotatable bonds is 20. The van der Waals surface area contributed by atoms with Crippen molar-refractivity contribution in [1.82, 2.24) is 0 Å². The normalized spacial score (nSPS) is 12.4. The summed E-state index contributed by atoms with van der Waals surface area (Å²) in [7, 11) is 0. The number of unbranched alkanes of at least 4 members (excludes halogenated alkanes) is 15. The fourth-order valence-electron chi connectivity index (χ4n) is 3.72. The molecule has 1 atom stereocenters. The van der Waals surface area contributed by atoms with Gasteiger partial charge in [-0.25, -0.2) is 0 Å². The van der Waals surface area contributed by atoms with Gasteiger partial charge in [0.05, 0.1) is 0 Å². The molecule has 0 aliphatic carbocycles. The number of primary amides is 1. The van der Waals surface area contributed by atoms with Gasteiger partial charge < -0.3 is 5.73 Å². The highest BCUT2D eigenvalue weighted by molar-refractivity contribution is 5.76. The first-order valence-corrected chi connectivity index (χ1v) is 11.5. The maximum atomic E-state index is 11.3. The number of hydrogen-bond donors (Lipinski definition) is 1. The highest BCUT2D eigenvalue weighted by atomic mass is 16.1. The second-order valence-corrected chi connectivity index (χ2v) is 7.98. The zero-order chi connectivity index (χ0) is 18.6. The van der Waals surface area contributed by atoms with Crippen molar-refractivity contribution in [1.29, 1.82) is 0 Å². The summed E-state index contributed by atoms with van der Waals surface area (Å²) in [5, 5.41) is 0. The van der Waals surface area contributed by atoms with E-state index in [9.17, 15) is 4.79 Å². The Bertz CT molecular complexity index is 277. The molecule has 1 amide bonds. The van der Waals surface area contributed by atoms with Gasteiger partial charge in [-0.2, -0.15) is 0 Å². The van der Waals surface area contributed by atoms with Crippen LogP contribution >= 0.6 is 0 Å². The molecule has 2 heteroatoms. The Labute approximate surface area is 158 Å². The molecule has 0 fully saturated rings. The molecule has 0 radical (unpaired) electrons. The predicted molar refractivity (Wildman–Crippen MR) is 112 cm³/mol. The molecular weight excluding hydrogens is 306 g/mol. The van der Waals surface area contributed by atoms with Crippen LogP contribution in [-0.2, 0) is 4.79 Å². The average molecular weight is 354 g/mol. The second kappa shape index (κ2) is 19.8. The van der Waals surface area contributed by atoms with Crippen molar-refractivity contribution >= 4 is 5.91 Å². The van der Waals surface area contributed by atoms with E-state index in [4.69, 9.17) is 5.73 Å². The summed E-state index contributed by atoms with van der Waals surface area (Å²) in [6, 6.07) is 0. The van der Waals surface area contributed by atoms with Crippen LogP contribution in [0.1, 0.15) is 136 Å². The average Bonchev–Trinajstić information content (AvgIpc) is 2.60. The van der Waals surface area contributed by atoms with Crippen molar-refractivity contribution in [2.45, 2.75) is 136 Å². The molecular formula is C23H47NO. The van der Waals surface area contributed by atoms with Crippen LogP contribution in [0, 0.1) is 5.92 Å². The third kappa shape index (κ3) is 18.1. The summed E-state index contributed by atoms with van der Waals surface area (Å²) in [6.45, 7) is 4.41. The zero-order valence-corrected chi connectivity index (χ0v) is 17.5. The van der Waals surface area contributed by atoms with Crippen LogP contribution in [0.2, 0.25) is 0 Å². The molecule has 0 aliphatic rings. The van der Waals surface area contributed by atoms with Crippen LogP contribution in [0.5, 0.6) is 0 Å². The Morgan fingerprint density at radius 3 is 1.24 bits per heavy atom. The van der Waals surface area contributed by atoms with Crippen molar-refractivity contribution in [3.63, 3.8) is 0 Å². The van der Waals surface area contributed by atoms with Gasteiger partial charge in [0.1, 0.15) is 0 Å². The Morgan fingerprint density at radius 1 is 0.560 bits per heavy atom. The van der Waals surface area contributed by atoms with Gasteiger partial charge >= 0.3 is 0 Å². The summed E-state index contributed by atoms with van der Waals surface area (Å²) in [5.74, 6) is 0.0273. The number of carbonyl (C=O) groups excluding carboxylic acids is 1. The standard InChI is InChI=1S/C23H47NO/c1-3-5-6-7-8-9-10-11-12-13-14-15-16-17-18-19-21-22(20-4-2)23(24)25/h22H,3-21H2,1-2H3,(H2,24,25). The highest BCUT2D eigenvalue weighted by Crippen LogP contribution is 2.17. The van der Waals surface area contributed by atoms with Crippen molar-refractivity contribution in [3.8, 4) is 0 Å². The molecule has 2 nitrogen and oxygen atoms in total. The van der Waals surface area contributed by atoms with E-state index in [0.29, 0.717) is 0 Å². The van der Waals surface area contributed by atoms with E-state index in [1.807, 2.05) is 0 Å². The van der Waals surface area contributed by atoms with E-state index >= 15 is 0 Å². The fourth-order valence-corrected chi connectivity index (χ4v) is 3.72. The summed E-state index contributed by atoms with van der Waals surface area (Å²) >= 11 is 0. The molecule has 0 spiro atoms. The predicted octanol–water partition coefficient (Wildman–Crippen LogP) is 7.54. The van der Waals surface area contributed by atoms with Crippen LogP contribution in [0.25, 0.3) is 0 Å². The van der Waals surface area contributed by atoms with Crippen LogP contribution in [0.4, 0.5) is 0 Å². The lowest BCUT2D eigenvalue weighted by Crippen LogP contribution is -2.23. The van der Waals surface area contributed by atoms with Crippen LogP contribution in [-0.4, -0.2) is 5.91 Å². The summed E-state index contributed by atoms with van der Waals surface area (Å²) < 4.78 is 0. The van der Waals surface area contributed by atoms with E-state index < -0.39 is 0 Å². The van der Waals surface area contributed by atoms with Gasteiger partial charge in [0.2, 0.25) is 5.91 Å². The number of hydrogen-bond acceptors (Lipinski definition) is 1. The van der Waals surface area contributed by atoms with Crippen molar-refractivity contribution in [2.24, 2.45) is 11.7 Å². The summed E-state index contributed by atoms with van der Waals surface area (Å²) in [4.78, 5) is 11.3. The van der Waals surface area contributed by atoms with E-state index in [1.165, 1.54) is 103 Å². The SMILES string of the molecule is CCCCCCCCCCCCCCCCCCC(CCC)C(N)=O. The molecule has 1 unspecified atom stereocenters. The lowest BCUT2D eigenvalue weighted by atomic mass is 9.95. The van der Waals surface area contributed by atoms with E-state index in [0.717, 1.165) is 19.3 Å². The largest absolute Gasteiger partial charge is 0.369 e. The Kier molecular flexibility index (Phi) is 19.4. The van der Waals surface area contributed by atoms with Gasteiger partial charge in [0, 0.05) is 5.92 Å². The number of carbonyl (C=O) groups is 1. The van der Waals surface area contributed by atoms with Gasteiger partial charge in [-0.3, -0.25) is 4.79 Å². The van der Waals surface area contributed by atoms with E-state index in [2.05, 4.69) is 13.8 Å². The van der Waals surface area contributed by atoms with Crippen LogP contribution < -0.4 is 5.73 Å². The highest BCUT2D eigenvalue weighted by Gasteiger charge is 2.12. The Hall–Kier alpha value is -0.530. The molecule has 0 saturated heterocycles. The molecule has 0 rings (SSSR count). The lowest BCUT2D eigenvalue weighted by molar-refractivity contribution is -0.122. The summed E-state index contributed by atoms with van der Waals surface area (Å²) in [5.41, 5.74) is 5.45. The van der Waals surface area contributed by atoms with Crippen molar-refractivity contribution < 1.29 is 4.79 Å². The van der Waals surface area contributed by atoms with E-state index in [-0.39, 0.29) is 11.8 Å². The fraction of sp³-hybridized carbons (Fsp3) is 0.957. The number of amides is 1. The molecule has 0 saturated carbocycles. The molecule has 0 aromatic rings. The lowest BCUT2D eigenvalue weighted by Gasteiger charge is -2.11. The maximum absolute atomic E-state index is 11.3. The van der Waals surface area contributed by atoms with Gasteiger partial charge in [0.25, 0.3) is 0 Å². The molecule has 0 aromatic heterocycles. The quantitative estimate of drug-likeness (QED) is 0.226. The summed E-state index contributed by atoms with van der Waals surface area (Å²) in [6.07, 6.45) is 25.3. The first-order valence-electron chi connectivity index (χ1n) is 11.5. The molecule has 25 heavy (non-hydrogen) atoms. The second-order valence-electron chi connectivity index (χ2n) is 7.98. The van der Waals surface area contributed by atoms with Crippen LogP contribution in [0.3, 0.4) is 0 Å². The molecule has 150 valence electrons. The van der Waals surface area contributed by atoms with E-state index in [1.54, 1.807) is 0 Å². The number of nitrogens with two attached hydrogens (primary N) is 1. The molecule has 2 N–H and O–H groups in total. The topological polar surface area (TPSA) is 43.1 Å². The Morgan fingerprint density at radius 2 is 0.920 bits per heavy atom. The smallest absolute Gasteiger partial charge is 0.220 e. The maximum Gasteiger partial charge on any atom is 0.220 e. The monoisotopic (exact) mass is 353 g/mol. The zero-order valence-electron chi connectivity index (χ0n) is 17.5. The minimum absolute atomic E-state index is 0.0946. The van der Waals surface area contributed by atoms with Gasteiger partial charge in [-0.15, -0.1) is 0 Å². The first-order chi connectivity index (χ1) is 12.2. The Balaban J connectivity index is 3.17. The third-order valence-electron chi connectivity index (χ3n) is 5.45. The van der Waals surface area contributed by atoms with Crippen molar-refractivity contribution in [2.75, 3.05) is 0 Å². The van der Waals surface area contributed by atoms with Gasteiger partial charge in [-0.05, 0) is 12.8 Å². The minimum atomic E-state index is -0.0946. The molecule has 0 bridgehead atoms. The van der Waals surface area contributed by atoms with Gasteiger partial charge in [-0.1, -0.05) is 123 Å². The molecule has 0 heterocycles. The van der Waals surface area contributed by atoms with Gasteiger partial charge in [0.15, 0.2) is 0 Å². The van der Waals surface area contributed by atoms with Crippen LogP contribution in [0.15, 0.2) is 0 Å².